The molecule has 3 aromatic rings. The second-order valence-electron chi connectivity index (χ2n) is 6.31. The molecule has 3 nitrogen and oxygen atoms in total. The van der Waals surface area contributed by atoms with Crippen LogP contribution < -0.4 is 0 Å². The summed E-state index contributed by atoms with van der Waals surface area (Å²) in [5.74, 6) is 0.630. The number of nitrogens with zero attached hydrogens (tertiary/aromatic N) is 1. The summed E-state index contributed by atoms with van der Waals surface area (Å²) in [5, 5.41) is 12.3. The topological polar surface area (TPSA) is 50.2 Å². The van der Waals surface area contributed by atoms with Gasteiger partial charge >= 0.3 is 0 Å². The van der Waals surface area contributed by atoms with Gasteiger partial charge in [0.2, 0.25) is 0 Å². The predicted octanol–water partition coefficient (Wildman–Crippen LogP) is 5.43. The molecule has 0 bridgehead atoms. The minimum atomic E-state index is 0.147. The van der Waals surface area contributed by atoms with E-state index in [0.717, 1.165) is 28.0 Å². The number of thiophene rings is 1. The molecule has 1 atom stereocenters. The third-order valence-electron chi connectivity index (χ3n) is 4.39. The fourth-order valence-electron chi connectivity index (χ4n) is 3.32. The minimum absolute atomic E-state index is 0.147. The average molecular weight is 367 g/mol. The number of ketones is 1. The fraction of sp³-hybridized carbons (Fsp3) is 0.200. The molecule has 0 fully saturated rings. The zero-order valence-electron chi connectivity index (χ0n) is 13.7. The summed E-state index contributed by atoms with van der Waals surface area (Å²) >= 11 is 3.31. The Kier molecular flexibility index (Phi) is 4.36. The summed E-state index contributed by atoms with van der Waals surface area (Å²) in [7, 11) is 0. The SMILES string of the molecule is CC1CC(=O)c2c(Sc3cccs3)ccc(-c3ncccc3O)c2C1. The number of hydrogen-bond acceptors (Lipinski definition) is 5. The van der Waals surface area contributed by atoms with Crippen molar-refractivity contribution in [3.05, 3.63) is 59.1 Å². The highest BCUT2D eigenvalue weighted by atomic mass is 32.2. The molecule has 1 aromatic carbocycles. The highest BCUT2D eigenvalue weighted by Crippen LogP contribution is 2.42. The van der Waals surface area contributed by atoms with Crippen LogP contribution in [-0.2, 0) is 6.42 Å². The van der Waals surface area contributed by atoms with Gasteiger partial charge in [0, 0.05) is 28.6 Å². The number of fused-ring (bicyclic) bond motifs is 1. The average Bonchev–Trinajstić information content (AvgIpc) is 3.08. The Morgan fingerprint density at radius 1 is 1.20 bits per heavy atom. The number of carbonyl (C=O) groups excluding carboxylic acids is 1. The lowest BCUT2D eigenvalue weighted by molar-refractivity contribution is 0.0950. The normalized spacial score (nSPS) is 16.7. The van der Waals surface area contributed by atoms with E-state index >= 15 is 0 Å². The lowest BCUT2D eigenvalue weighted by atomic mass is 9.81. The standard InChI is InChI=1S/C20H17NO2S2/c1-12-10-14-13(20-15(22)4-2-8-21-20)6-7-17(19(14)16(23)11-12)25-18-5-3-9-24-18/h2-9,12,22H,10-11H2,1H3. The maximum atomic E-state index is 12.8. The smallest absolute Gasteiger partial charge is 0.164 e. The van der Waals surface area contributed by atoms with Gasteiger partial charge in [-0.25, -0.2) is 0 Å². The van der Waals surface area contributed by atoms with Crippen molar-refractivity contribution in [2.45, 2.75) is 28.9 Å². The highest BCUT2D eigenvalue weighted by molar-refractivity contribution is 8.01. The molecule has 25 heavy (non-hydrogen) atoms. The molecule has 0 spiro atoms. The van der Waals surface area contributed by atoms with Gasteiger partial charge in [0.25, 0.3) is 0 Å². The van der Waals surface area contributed by atoms with Crippen LogP contribution in [0.1, 0.15) is 29.3 Å². The first-order valence-corrected chi connectivity index (χ1v) is 9.88. The van der Waals surface area contributed by atoms with E-state index in [1.165, 1.54) is 4.21 Å². The van der Waals surface area contributed by atoms with Gasteiger partial charge in [-0.3, -0.25) is 9.78 Å². The predicted molar refractivity (Wildman–Crippen MR) is 102 cm³/mol. The van der Waals surface area contributed by atoms with Gasteiger partial charge in [0.15, 0.2) is 5.78 Å². The molecule has 0 amide bonds. The molecule has 1 aliphatic carbocycles. The molecule has 0 saturated heterocycles. The maximum absolute atomic E-state index is 12.8. The van der Waals surface area contributed by atoms with Gasteiger partial charge < -0.3 is 5.11 Å². The van der Waals surface area contributed by atoms with E-state index in [-0.39, 0.29) is 11.5 Å². The van der Waals surface area contributed by atoms with Crippen LogP contribution in [0.5, 0.6) is 5.75 Å². The third-order valence-corrected chi connectivity index (χ3v) is 6.48. The summed E-state index contributed by atoms with van der Waals surface area (Å²) in [6.07, 6.45) is 3.07. The Bertz CT molecular complexity index is 935. The molecule has 5 heteroatoms. The number of aromatic nitrogens is 1. The lowest BCUT2D eigenvalue weighted by Gasteiger charge is -2.25. The molecule has 2 aromatic heterocycles. The van der Waals surface area contributed by atoms with Crippen molar-refractivity contribution in [2.24, 2.45) is 5.92 Å². The van der Waals surface area contributed by atoms with Gasteiger partial charge in [0.1, 0.15) is 11.4 Å². The van der Waals surface area contributed by atoms with E-state index in [1.54, 1.807) is 41.4 Å². The summed E-state index contributed by atoms with van der Waals surface area (Å²) < 4.78 is 1.17. The minimum Gasteiger partial charge on any atom is -0.506 e. The summed E-state index contributed by atoms with van der Waals surface area (Å²) in [6, 6.07) is 11.4. The molecule has 4 rings (SSSR count). The summed E-state index contributed by atoms with van der Waals surface area (Å²) in [6.45, 7) is 2.10. The van der Waals surface area contributed by atoms with E-state index in [9.17, 15) is 9.90 Å². The Morgan fingerprint density at radius 3 is 2.84 bits per heavy atom. The number of aromatic hydroxyl groups is 1. The Hall–Kier alpha value is -2.11. The zero-order valence-corrected chi connectivity index (χ0v) is 15.4. The molecule has 0 aliphatic heterocycles. The van der Waals surface area contributed by atoms with Gasteiger partial charge in [-0.2, -0.15) is 0 Å². The van der Waals surface area contributed by atoms with Crippen LogP contribution >= 0.6 is 23.1 Å². The van der Waals surface area contributed by atoms with Crippen LogP contribution in [-0.4, -0.2) is 15.9 Å². The largest absolute Gasteiger partial charge is 0.506 e. The van der Waals surface area contributed by atoms with E-state index in [1.807, 2.05) is 23.6 Å². The van der Waals surface area contributed by atoms with E-state index in [0.29, 0.717) is 18.0 Å². The van der Waals surface area contributed by atoms with Crippen molar-refractivity contribution < 1.29 is 9.90 Å². The Morgan fingerprint density at radius 2 is 2.08 bits per heavy atom. The molecule has 1 aliphatic rings. The van der Waals surface area contributed by atoms with Gasteiger partial charge in [0.05, 0.1) is 4.21 Å². The van der Waals surface area contributed by atoms with Gasteiger partial charge in [-0.1, -0.05) is 30.8 Å². The molecule has 0 radical (unpaired) electrons. The summed E-state index contributed by atoms with van der Waals surface area (Å²) in [4.78, 5) is 18.2. The molecule has 1 unspecified atom stereocenters. The van der Waals surface area contributed by atoms with Gasteiger partial charge in [-0.15, -0.1) is 11.3 Å². The maximum Gasteiger partial charge on any atom is 0.164 e. The van der Waals surface area contributed by atoms with Gasteiger partial charge in [-0.05, 0) is 47.5 Å². The molecule has 1 N–H and O–H groups in total. The number of carbonyl (C=O) groups is 1. The number of hydrogen-bond donors (Lipinski definition) is 1. The third kappa shape index (κ3) is 3.10. The van der Waals surface area contributed by atoms with Crippen LogP contribution in [0.2, 0.25) is 0 Å². The van der Waals surface area contributed by atoms with Crippen molar-refractivity contribution in [3.63, 3.8) is 0 Å². The molecule has 126 valence electrons. The molecule has 0 saturated carbocycles. The first kappa shape index (κ1) is 16.4. The molecular weight excluding hydrogens is 350 g/mol. The van der Waals surface area contributed by atoms with Crippen molar-refractivity contribution in [1.29, 1.82) is 0 Å². The van der Waals surface area contributed by atoms with Crippen molar-refractivity contribution >= 4 is 28.9 Å². The number of benzene rings is 1. The fourth-order valence-corrected chi connectivity index (χ4v) is 5.24. The highest BCUT2D eigenvalue weighted by Gasteiger charge is 2.29. The summed E-state index contributed by atoms with van der Waals surface area (Å²) in [5.41, 5.74) is 3.23. The zero-order chi connectivity index (χ0) is 17.4. The second kappa shape index (κ2) is 6.65. The van der Waals surface area contributed by atoms with Crippen LogP contribution in [0.15, 0.2) is 57.1 Å². The molecule has 2 heterocycles. The number of Topliss-reactive ketones (excluding diaryl/α,β-unsaturated/α-hetero) is 1. The van der Waals surface area contributed by atoms with Crippen LogP contribution in [0.4, 0.5) is 0 Å². The lowest BCUT2D eigenvalue weighted by Crippen LogP contribution is -2.20. The van der Waals surface area contributed by atoms with Crippen molar-refractivity contribution in [2.75, 3.05) is 0 Å². The number of rotatable bonds is 3. The van der Waals surface area contributed by atoms with Crippen molar-refractivity contribution in [1.82, 2.24) is 4.98 Å². The van der Waals surface area contributed by atoms with Crippen LogP contribution in [0.25, 0.3) is 11.3 Å². The van der Waals surface area contributed by atoms with Crippen molar-refractivity contribution in [3.8, 4) is 17.0 Å². The second-order valence-corrected chi connectivity index (χ2v) is 8.60. The Labute approximate surface area is 154 Å². The van der Waals surface area contributed by atoms with Crippen LogP contribution in [0, 0.1) is 5.92 Å². The molecular formula is C20H17NO2S2. The van der Waals surface area contributed by atoms with E-state index in [2.05, 4.69) is 18.0 Å². The van der Waals surface area contributed by atoms with E-state index < -0.39 is 0 Å². The van der Waals surface area contributed by atoms with Crippen LogP contribution in [0.3, 0.4) is 0 Å². The van der Waals surface area contributed by atoms with E-state index in [4.69, 9.17) is 0 Å². The number of pyridine rings is 1. The first-order chi connectivity index (χ1) is 12.1. The monoisotopic (exact) mass is 367 g/mol. The first-order valence-electron chi connectivity index (χ1n) is 8.18. The Balaban J connectivity index is 1.89. The quantitative estimate of drug-likeness (QED) is 0.670.